The van der Waals surface area contributed by atoms with Crippen molar-refractivity contribution in [1.29, 1.82) is 0 Å². The highest BCUT2D eigenvalue weighted by atomic mass is 32.1. The first-order chi connectivity index (χ1) is 11.2. The van der Waals surface area contributed by atoms with Gasteiger partial charge in [-0.05, 0) is 23.6 Å². The number of aliphatic hydroxyl groups excluding tert-OH is 1. The smallest absolute Gasteiger partial charge is 0.259 e. The summed E-state index contributed by atoms with van der Waals surface area (Å²) in [6.45, 7) is 0.117. The highest BCUT2D eigenvalue weighted by Crippen LogP contribution is 2.26. The second-order valence-corrected chi connectivity index (χ2v) is 5.72. The predicted octanol–water partition coefficient (Wildman–Crippen LogP) is 3.00. The van der Waals surface area contributed by atoms with Crippen LogP contribution in [0.15, 0.2) is 47.8 Å². The second kappa shape index (κ2) is 6.72. The average Bonchev–Trinajstić information content (AvgIpc) is 3.18. The Morgan fingerprint density at radius 3 is 2.83 bits per heavy atom. The first-order valence-corrected chi connectivity index (χ1v) is 7.85. The van der Waals surface area contributed by atoms with Gasteiger partial charge in [0.05, 0.1) is 23.6 Å². The second-order valence-electron chi connectivity index (χ2n) is 4.77. The molecule has 0 saturated heterocycles. The summed E-state index contributed by atoms with van der Waals surface area (Å²) >= 11 is 1.52. The summed E-state index contributed by atoms with van der Waals surface area (Å²) in [5, 5.41) is 18.1. The van der Waals surface area contributed by atoms with Crippen LogP contribution >= 0.6 is 11.3 Å². The maximum absolute atomic E-state index is 13.7. The van der Waals surface area contributed by atoms with Gasteiger partial charge in [-0.15, -0.1) is 11.3 Å². The summed E-state index contributed by atoms with van der Waals surface area (Å²) in [5.74, 6) is -0.729. The fourth-order valence-electron chi connectivity index (χ4n) is 2.16. The van der Waals surface area contributed by atoms with Crippen LogP contribution in [0.2, 0.25) is 0 Å². The number of amides is 1. The number of carbonyl (C=O) groups is 1. The number of nitrogens with zero attached hydrogens (tertiary/aromatic N) is 2. The van der Waals surface area contributed by atoms with Crippen molar-refractivity contribution in [2.75, 3.05) is 11.9 Å². The molecule has 2 heterocycles. The zero-order valence-electron chi connectivity index (χ0n) is 12.1. The van der Waals surface area contributed by atoms with Crippen LogP contribution in [0.1, 0.15) is 10.4 Å². The summed E-state index contributed by atoms with van der Waals surface area (Å²) in [6.07, 6.45) is 0. The van der Waals surface area contributed by atoms with Crippen molar-refractivity contribution in [2.24, 2.45) is 0 Å². The minimum Gasteiger partial charge on any atom is -0.394 e. The Balaban J connectivity index is 1.89. The van der Waals surface area contributed by atoms with Gasteiger partial charge in [0.2, 0.25) is 0 Å². The number of thiophene rings is 1. The van der Waals surface area contributed by atoms with Gasteiger partial charge in [-0.2, -0.15) is 5.10 Å². The fourth-order valence-corrected chi connectivity index (χ4v) is 2.84. The van der Waals surface area contributed by atoms with Gasteiger partial charge in [-0.1, -0.05) is 18.2 Å². The molecule has 0 aliphatic heterocycles. The fraction of sp³-hybridized carbons (Fsp3) is 0.125. The lowest BCUT2D eigenvalue weighted by Crippen LogP contribution is -2.17. The maximum Gasteiger partial charge on any atom is 0.259 e. The molecule has 0 bridgehead atoms. The lowest BCUT2D eigenvalue weighted by molar-refractivity contribution is 0.102. The molecule has 1 aromatic carbocycles. The number of carbonyl (C=O) groups excluding carboxylic acids is 1. The Labute approximate surface area is 136 Å². The molecule has 7 heteroatoms. The highest BCUT2D eigenvalue weighted by Gasteiger charge is 2.16. The van der Waals surface area contributed by atoms with Gasteiger partial charge in [-0.25, -0.2) is 9.07 Å². The van der Waals surface area contributed by atoms with Gasteiger partial charge in [0, 0.05) is 6.07 Å². The van der Waals surface area contributed by atoms with Crippen molar-refractivity contribution in [2.45, 2.75) is 6.54 Å². The summed E-state index contributed by atoms with van der Waals surface area (Å²) in [7, 11) is 0. The van der Waals surface area contributed by atoms with Crippen LogP contribution in [-0.2, 0) is 6.54 Å². The maximum atomic E-state index is 13.7. The number of benzene rings is 1. The van der Waals surface area contributed by atoms with Gasteiger partial charge < -0.3 is 10.4 Å². The number of hydrogen-bond acceptors (Lipinski definition) is 4. The Morgan fingerprint density at radius 2 is 2.13 bits per heavy atom. The third-order valence-corrected chi connectivity index (χ3v) is 4.12. The molecule has 0 atom stereocenters. The van der Waals surface area contributed by atoms with E-state index in [1.165, 1.54) is 34.2 Å². The first-order valence-electron chi connectivity index (χ1n) is 6.97. The predicted molar refractivity (Wildman–Crippen MR) is 87.0 cm³/mol. The van der Waals surface area contributed by atoms with E-state index in [-0.39, 0.29) is 18.7 Å². The molecule has 3 rings (SSSR count). The lowest BCUT2D eigenvalue weighted by Gasteiger charge is -2.08. The van der Waals surface area contributed by atoms with Gasteiger partial charge in [-0.3, -0.25) is 4.79 Å². The molecular weight excluding hydrogens is 317 g/mol. The third kappa shape index (κ3) is 3.30. The van der Waals surface area contributed by atoms with E-state index in [1.807, 2.05) is 17.5 Å². The summed E-state index contributed by atoms with van der Waals surface area (Å²) < 4.78 is 15.2. The molecule has 3 aromatic rings. The number of aliphatic hydroxyl groups is 1. The molecule has 0 saturated carbocycles. The van der Waals surface area contributed by atoms with E-state index in [4.69, 9.17) is 5.11 Å². The number of anilines is 1. The Bertz CT molecular complexity index is 815. The van der Waals surface area contributed by atoms with Crippen LogP contribution in [0.4, 0.5) is 10.2 Å². The van der Waals surface area contributed by atoms with Crippen molar-refractivity contribution >= 4 is 23.1 Å². The number of rotatable bonds is 5. The van der Waals surface area contributed by atoms with Gasteiger partial charge in [0.1, 0.15) is 17.3 Å². The molecule has 0 radical (unpaired) electrons. The minimum absolute atomic E-state index is 0.0399. The molecule has 1 amide bonds. The van der Waals surface area contributed by atoms with Crippen LogP contribution in [-0.4, -0.2) is 27.4 Å². The largest absolute Gasteiger partial charge is 0.394 e. The SMILES string of the molecule is O=C(Nc1cc(-c2cccs2)nn1CCO)c1ccccc1F. The highest BCUT2D eigenvalue weighted by molar-refractivity contribution is 7.13. The lowest BCUT2D eigenvalue weighted by atomic mass is 10.2. The molecule has 0 aliphatic rings. The van der Waals surface area contributed by atoms with Crippen molar-refractivity contribution in [1.82, 2.24) is 9.78 Å². The first kappa shape index (κ1) is 15.4. The van der Waals surface area contributed by atoms with Crippen LogP contribution in [0.5, 0.6) is 0 Å². The van der Waals surface area contributed by atoms with Gasteiger partial charge >= 0.3 is 0 Å². The summed E-state index contributed by atoms with van der Waals surface area (Å²) in [6, 6.07) is 11.3. The van der Waals surface area contributed by atoms with Gasteiger partial charge in [0.25, 0.3) is 5.91 Å². The monoisotopic (exact) mass is 331 g/mol. The van der Waals surface area contributed by atoms with E-state index in [2.05, 4.69) is 10.4 Å². The normalized spacial score (nSPS) is 10.7. The van der Waals surface area contributed by atoms with Crippen LogP contribution in [0.25, 0.3) is 10.6 Å². The summed E-state index contributed by atoms with van der Waals surface area (Å²) in [4.78, 5) is 13.2. The molecule has 0 aliphatic carbocycles. The Kier molecular flexibility index (Phi) is 4.50. The Morgan fingerprint density at radius 1 is 1.30 bits per heavy atom. The molecule has 2 N–H and O–H groups in total. The summed E-state index contributed by atoms with van der Waals surface area (Å²) in [5.41, 5.74) is 0.652. The van der Waals surface area contributed by atoms with Crippen molar-refractivity contribution in [3.8, 4) is 10.6 Å². The standard InChI is InChI=1S/C16H14FN3O2S/c17-12-5-2-1-4-11(12)16(22)18-15-10-13(14-6-3-9-23-14)19-20(15)7-8-21/h1-6,9-10,21H,7-8H2,(H,18,22). The third-order valence-electron chi connectivity index (χ3n) is 3.23. The molecule has 118 valence electrons. The van der Waals surface area contributed by atoms with Crippen molar-refractivity contribution < 1.29 is 14.3 Å². The van der Waals surface area contributed by atoms with E-state index in [0.29, 0.717) is 11.5 Å². The zero-order chi connectivity index (χ0) is 16.2. The van der Waals surface area contributed by atoms with E-state index in [9.17, 15) is 9.18 Å². The average molecular weight is 331 g/mol. The van der Waals surface area contributed by atoms with Gasteiger partial charge in [0.15, 0.2) is 0 Å². The number of hydrogen-bond donors (Lipinski definition) is 2. The molecule has 0 unspecified atom stereocenters. The Hall–Kier alpha value is -2.51. The molecule has 5 nitrogen and oxygen atoms in total. The van der Waals surface area contributed by atoms with Crippen molar-refractivity contribution in [3.63, 3.8) is 0 Å². The van der Waals surface area contributed by atoms with E-state index >= 15 is 0 Å². The number of nitrogens with one attached hydrogen (secondary N) is 1. The number of halogens is 1. The van der Waals surface area contributed by atoms with Crippen molar-refractivity contribution in [3.05, 3.63) is 59.2 Å². The molecular formula is C16H14FN3O2S. The van der Waals surface area contributed by atoms with E-state index in [0.717, 1.165) is 4.88 Å². The van der Waals surface area contributed by atoms with Crippen LogP contribution in [0, 0.1) is 5.82 Å². The molecule has 0 spiro atoms. The minimum atomic E-state index is -0.586. The topological polar surface area (TPSA) is 67.2 Å². The number of aromatic nitrogens is 2. The van der Waals surface area contributed by atoms with Crippen LogP contribution in [0.3, 0.4) is 0 Å². The molecule has 23 heavy (non-hydrogen) atoms. The quantitative estimate of drug-likeness (QED) is 0.755. The zero-order valence-corrected chi connectivity index (χ0v) is 12.9. The van der Waals surface area contributed by atoms with E-state index < -0.39 is 11.7 Å². The van der Waals surface area contributed by atoms with Crippen LogP contribution < -0.4 is 5.32 Å². The van der Waals surface area contributed by atoms with E-state index in [1.54, 1.807) is 12.1 Å². The molecule has 2 aromatic heterocycles. The molecule has 0 fully saturated rings.